The lowest BCUT2D eigenvalue weighted by Gasteiger charge is -2.51. The molecule has 14 heteroatoms. The number of fused-ring (bicyclic) bond motifs is 2. The topological polar surface area (TPSA) is 108 Å². The van der Waals surface area contributed by atoms with Crippen LogP contribution in [0, 0.1) is 0 Å². The van der Waals surface area contributed by atoms with E-state index in [2.05, 4.69) is 70.3 Å². The number of ether oxygens (including phenoxy) is 4. The molecule has 2 aromatic heterocycles. The number of halogens is 1. The maximum Gasteiger partial charge on any atom is 0.335 e. The standard InChI is InChI=1S/C32H47ClN4O7Si2/c1-19(2)45(20(3)4)40-16-25-27(43-46(44-45,21(5)6)22(7)8)28(31(42-25)37-18-36-26-29(33)34-17-35-30(26)37)41-24-14-38-32(39-15-24)23-12-10-9-11-13-23/h9-13,17-22,24-25,27-28,31-32H,14-16H2,1-8H3/t24?,25-,27-,28-,31-,32?/m1/s1. The quantitative estimate of drug-likeness (QED) is 0.184. The molecule has 0 radical (unpaired) electrons. The minimum Gasteiger partial charge on any atom is -0.414 e. The van der Waals surface area contributed by atoms with E-state index < -0.39 is 48.0 Å². The first kappa shape index (κ1) is 34.1. The molecule has 252 valence electrons. The van der Waals surface area contributed by atoms with Gasteiger partial charge < -0.3 is 31.9 Å². The van der Waals surface area contributed by atoms with E-state index >= 15 is 0 Å². The van der Waals surface area contributed by atoms with Gasteiger partial charge in [-0.05, 0) is 22.2 Å². The predicted octanol–water partition coefficient (Wildman–Crippen LogP) is 6.83. The molecular weight excluding hydrogens is 644 g/mol. The van der Waals surface area contributed by atoms with Gasteiger partial charge in [-0.3, -0.25) is 4.57 Å². The van der Waals surface area contributed by atoms with Crippen molar-refractivity contribution in [3.05, 3.63) is 53.7 Å². The molecule has 3 aliphatic rings. The van der Waals surface area contributed by atoms with Gasteiger partial charge in [0.1, 0.15) is 36.3 Å². The van der Waals surface area contributed by atoms with Crippen molar-refractivity contribution in [3.63, 3.8) is 0 Å². The van der Waals surface area contributed by atoms with Crippen molar-refractivity contribution in [2.24, 2.45) is 0 Å². The summed E-state index contributed by atoms with van der Waals surface area (Å²) >= 11 is 6.41. The highest BCUT2D eigenvalue weighted by atomic mass is 35.5. The Morgan fingerprint density at radius 1 is 0.848 bits per heavy atom. The van der Waals surface area contributed by atoms with Crippen molar-refractivity contribution in [1.29, 1.82) is 0 Å². The van der Waals surface area contributed by atoms with Crippen LogP contribution in [0.5, 0.6) is 0 Å². The van der Waals surface area contributed by atoms with Gasteiger partial charge >= 0.3 is 17.1 Å². The molecule has 6 rings (SSSR count). The number of hydrogen-bond donors (Lipinski definition) is 0. The van der Waals surface area contributed by atoms with Crippen molar-refractivity contribution < 1.29 is 31.9 Å². The Morgan fingerprint density at radius 2 is 1.50 bits per heavy atom. The second kappa shape index (κ2) is 13.6. The zero-order valence-corrected chi connectivity index (χ0v) is 30.7. The van der Waals surface area contributed by atoms with Gasteiger partial charge in [0.25, 0.3) is 0 Å². The number of hydrogen-bond acceptors (Lipinski definition) is 10. The summed E-state index contributed by atoms with van der Waals surface area (Å²) in [6.07, 6.45) is 0.153. The Bertz CT molecular complexity index is 1460. The zero-order valence-electron chi connectivity index (χ0n) is 28.0. The molecule has 0 amide bonds. The lowest BCUT2D eigenvalue weighted by atomic mass is 10.1. The summed E-state index contributed by atoms with van der Waals surface area (Å²) < 4.78 is 49.9. The van der Waals surface area contributed by atoms with E-state index in [1.165, 1.54) is 6.33 Å². The zero-order chi connectivity index (χ0) is 32.8. The van der Waals surface area contributed by atoms with E-state index in [9.17, 15) is 0 Å². The third-order valence-corrected chi connectivity index (χ3v) is 20.0. The number of imidazole rings is 1. The average molecular weight is 691 g/mol. The molecule has 5 heterocycles. The van der Waals surface area contributed by atoms with Crippen molar-refractivity contribution in [2.75, 3.05) is 19.8 Å². The monoisotopic (exact) mass is 690 g/mol. The summed E-state index contributed by atoms with van der Waals surface area (Å²) in [4.78, 5) is 13.2. The van der Waals surface area contributed by atoms with E-state index in [0.29, 0.717) is 31.0 Å². The first-order valence-corrected chi connectivity index (χ1v) is 20.7. The van der Waals surface area contributed by atoms with Crippen LogP contribution < -0.4 is 0 Å². The highest BCUT2D eigenvalue weighted by Gasteiger charge is 2.62. The maximum absolute atomic E-state index is 7.45. The van der Waals surface area contributed by atoms with Crippen molar-refractivity contribution >= 4 is 39.9 Å². The predicted molar refractivity (Wildman–Crippen MR) is 178 cm³/mol. The Kier molecular flexibility index (Phi) is 10.1. The SMILES string of the molecule is CC(C)[Si]1(C(C)C)OC[C@H]2O[C@@H](n3cnc4c(Cl)ncnc43)[C@H](OC3COC(c4ccccc4)OC3)[C@@H]2O[Si](C(C)C)(C(C)C)O1. The van der Waals surface area contributed by atoms with Crippen LogP contribution in [0.2, 0.25) is 27.3 Å². The fourth-order valence-corrected chi connectivity index (χ4v) is 18.5. The van der Waals surface area contributed by atoms with Crippen LogP contribution in [0.25, 0.3) is 11.2 Å². The molecule has 0 saturated carbocycles. The van der Waals surface area contributed by atoms with Gasteiger partial charge in [-0.15, -0.1) is 0 Å². The van der Waals surface area contributed by atoms with Crippen molar-refractivity contribution in [3.8, 4) is 0 Å². The number of rotatable bonds is 8. The van der Waals surface area contributed by atoms with Gasteiger partial charge in [0.2, 0.25) is 0 Å². The summed E-state index contributed by atoms with van der Waals surface area (Å²) in [5.74, 6) is 0. The fourth-order valence-electron chi connectivity index (χ4n) is 7.09. The normalized spacial score (nSPS) is 29.8. The Morgan fingerprint density at radius 3 is 2.13 bits per heavy atom. The van der Waals surface area contributed by atoms with E-state index in [-0.39, 0.29) is 33.4 Å². The first-order chi connectivity index (χ1) is 22.0. The van der Waals surface area contributed by atoms with Crippen LogP contribution in [0.15, 0.2) is 43.0 Å². The first-order valence-electron chi connectivity index (χ1n) is 16.4. The van der Waals surface area contributed by atoms with Crippen molar-refractivity contribution in [2.45, 2.75) is 114 Å². The minimum atomic E-state index is -2.96. The molecule has 1 aromatic carbocycles. The Balaban J connectivity index is 1.38. The molecule has 3 aliphatic heterocycles. The highest BCUT2D eigenvalue weighted by molar-refractivity contribution is 6.84. The van der Waals surface area contributed by atoms with Crippen LogP contribution in [-0.2, 0) is 31.9 Å². The number of aromatic nitrogens is 4. The fraction of sp³-hybridized carbons (Fsp3) is 0.656. The van der Waals surface area contributed by atoms with Crippen LogP contribution >= 0.6 is 11.6 Å². The molecule has 0 aliphatic carbocycles. The highest BCUT2D eigenvalue weighted by Crippen LogP contribution is 2.49. The van der Waals surface area contributed by atoms with E-state index in [1.807, 2.05) is 34.9 Å². The molecule has 11 nitrogen and oxygen atoms in total. The molecule has 3 fully saturated rings. The third kappa shape index (κ3) is 6.12. The van der Waals surface area contributed by atoms with Gasteiger partial charge in [0.15, 0.2) is 23.3 Å². The summed E-state index contributed by atoms with van der Waals surface area (Å²) in [5.41, 5.74) is 2.73. The van der Waals surface area contributed by atoms with E-state index in [4.69, 9.17) is 43.5 Å². The molecular formula is C32H47ClN4O7Si2. The summed E-state index contributed by atoms with van der Waals surface area (Å²) in [6.45, 7) is 18.7. The number of benzene rings is 1. The third-order valence-electron chi connectivity index (χ3n) is 9.49. The molecule has 3 saturated heterocycles. The summed E-state index contributed by atoms with van der Waals surface area (Å²) in [7, 11) is -5.73. The number of nitrogens with zero attached hydrogens (tertiary/aromatic N) is 4. The van der Waals surface area contributed by atoms with Gasteiger partial charge in [-0.2, -0.15) is 0 Å². The van der Waals surface area contributed by atoms with Gasteiger partial charge in [-0.25, -0.2) is 15.0 Å². The molecule has 4 atom stereocenters. The second-order valence-corrected chi connectivity index (χ2v) is 22.9. The molecule has 0 spiro atoms. The van der Waals surface area contributed by atoms with Gasteiger partial charge in [-0.1, -0.05) is 97.3 Å². The Hall–Kier alpha value is -1.79. The van der Waals surface area contributed by atoms with Crippen LogP contribution in [0.4, 0.5) is 0 Å². The molecule has 0 N–H and O–H groups in total. The van der Waals surface area contributed by atoms with E-state index in [0.717, 1.165) is 5.56 Å². The average Bonchev–Trinajstić information content (AvgIpc) is 3.59. The van der Waals surface area contributed by atoms with Crippen LogP contribution in [0.3, 0.4) is 0 Å². The van der Waals surface area contributed by atoms with Crippen molar-refractivity contribution in [1.82, 2.24) is 19.5 Å². The largest absolute Gasteiger partial charge is 0.414 e. The van der Waals surface area contributed by atoms with E-state index in [1.54, 1.807) is 6.33 Å². The summed E-state index contributed by atoms with van der Waals surface area (Å²) in [5, 5.41) is 0.273. The van der Waals surface area contributed by atoms with Crippen LogP contribution in [-0.4, -0.2) is 80.9 Å². The molecule has 46 heavy (non-hydrogen) atoms. The Labute approximate surface area is 278 Å². The van der Waals surface area contributed by atoms with Crippen LogP contribution in [0.1, 0.15) is 73.5 Å². The van der Waals surface area contributed by atoms with Gasteiger partial charge in [0, 0.05) is 5.56 Å². The lowest BCUT2D eigenvalue weighted by molar-refractivity contribution is -0.247. The smallest absolute Gasteiger partial charge is 0.335 e. The summed E-state index contributed by atoms with van der Waals surface area (Å²) in [6, 6.07) is 9.92. The van der Waals surface area contributed by atoms with Gasteiger partial charge in [0.05, 0.1) is 26.1 Å². The molecule has 0 unspecified atom stereocenters. The lowest BCUT2D eigenvalue weighted by Crippen LogP contribution is -2.66. The minimum absolute atomic E-state index is 0.146. The molecule has 0 bridgehead atoms. The second-order valence-electron chi connectivity index (χ2n) is 13.7. The maximum atomic E-state index is 7.45. The molecule has 3 aromatic rings.